The molecule has 4 rings (SSSR count). The molecule has 5 nitrogen and oxygen atoms in total. The lowest BCUT2D eigenvalue weighted by atomic mass is 9.96. The molecule has 1 saturated heterocycles. The molecule has 31 heavy (non-hydrogen) atoms. The summed E-state index contributed by atoms with van der Waals surface area (Å²) in [4.78, 5) is 2.62. The Hall–Kier alpha value is -2.38. The maximum absolute atomic E-state index is 13.1. The number of sulfonamides is 1. The van der Waals surface area contributed by atoms with E-state index < -0.39 is 10.0 Å². The SMILES string of the molecule is COc1ccc(S(=O)(=O)N2CCN(C(c3ccccc3)c3ccc(Cl)cc3)CC2)cc1. The third-order valence-electron chi connectivity index (χ3n) is 5.64. The van der Waals surface area contributed by atoms with E-state index in [4.69, 9.17) is 16.3 Å². The fraction of sp³-hybridized carbons (Fsp3) is 0.250. The van der Waals surface area contributed by atoms with Gasteiger partial charge in [0.15, 0.2) is 0 Å². The van der Waals surface area contributed by atoms with E-state index >= 15 is 0 Å². The van der Waals surface area contributed by atoms with Gasteiger partial charge in [0, 0.05) is 31.2 Å². The van der Waals surface area contributed by atoms with Crippen LogP contribution in [0.2, 0.25) is 5.02 Å². The van der Waals surface area contributed by atoms with Crippen molar-refractivity contribution in [3.8, 4) is 5.75 Å². The van der Waals surface area contributed by atoms with E-state index in [-0.39, 0.29) is 6.04 Å². The molecule has 0 bridgehead atoms. The summed E-state index contributed by atoms with van der Waals surface area (Å²) in [5.41, 5.74) is 2.32. The van der Waals surface area contributed by atoms with E-state index in [1.165, 1.54) is 5.56 Å². The molecule has 3 aromatic rings. The molecular formula is C24H25ClN2O3S. The molecule has 1 heterocycles. The Kier molecular flexibility index (Phi) is 6.62. The highest BCUT2D eigenvalue weighted by atomic mass is 35.5. The van der Waals surface area contributed by atoms with Crippen molar-refractivity contribution in [1.29, 1.82) is 0 Å². The second-order valence-corrected chi connectivity index (χ2v) is 9.85. The first-order valence-corrected chi connectivity index (χ1v) is 12.0. The monoisotopic (exact) mass is 456 g/mol. The van der Waals surface area contributed by atoms with Gasteiger partial charge in [-0.05, 0) is 47.5 Å². The standard InChI is InChI=1S/C24H25ClN2O3S/c1-30-22-11-13-23(14-12-22)31(28,29)27-17-15-26(16-18-27)24(19-5-3-2-4-6-19)20-7-9-21(25)10-8-20/h2-14,24H,15-18H2,1H3. The number of ether oxygens (including phenoxy) is 1. The van der Waals surface area contributed by atoms with Crippen LogP contribution < -0.4 is 4.74 Å². The summed E-state index contributed by atoms with van der Waals surface area (Å²) in [6.07, 6.45) is 0. The van der Waals surface area contributed by atoms with Crippen molar-refractivity contribution in [2.24, 2.45) is 0 Å². The van der Waals surface area contributed by atoms with E-state index in [1.807, 2.05) is 42.5 Å². The number of piperazine rings is 1. The second kappa shape index (κ2) is 9.40. The molecule has 0 saturated carbocycles. The summed E-state index contributed by atoms with van der Waals surface area (Å²) in [6.45, 7) is 2.14. The van der Waals surface area contributed by atoms with Gasteiger partial charge in [-0.1, -0.05) is 54.1 Å². The van der Waals surface area contributed by atoms with Crippen LogP contribution in [-0.4, -0.2) is 50.9 Å². The molecular weight excluding hydrogens is 432 g/mol. The number of methoxy groups -OCH3 is 1. The maximum Gasteiger partial charge on any atom is 0.243 e. The van der Waals surface area contributed by atoms with Crippen LogP contribution in [0.5, 0.6) is 5.75 Å². The normalized spacial score (nSPS) is 16.7. The number of nitrogens with zero attached hydrogens (tertiary/aromatic N) is 2. The highest BCUT2D eigenvalue weighted by molar-refractivity contribution is 7.89. The summed E-state index contributed by atoms with van der Waals surface area (Å²) >= 11 is 6.10. The van der Waals surface area contributed by atoms with E-state index in [0.717, 1.165) is 5.56 Å². The van der Waals surface area contributed by atoms with E-state index in [1.54, 1.807) is 35.7 Å². The topological polar surface area (TPSA) is 49.9 Å². The first-order valence-electron chi connectivity index (χ1n) is 10.2. The van der Waals surface area contributed by atoms with Gasteiger partial charge in [0.2, 0.25) is 10.0 Å². The minimum Gasteiger partial charge on any atom is -0.497 e. The molecule has 1 unspecified atom stereocenters. The Labute approximate surface area is 188 Å². The minimum atomic E-state index is -3.54. The van der Waals surface area contributed by atoms with Gasteiger partial charge >= 0.3 is 0 Å². The molecule has 0 amide bonds. The second-order valence-electron chi connectivity index (χ2n) is 7.48. The minimum absolute atomic E-state index is 0.0457. The van der Waals surface area contributed by atoms with Crippen LogP contribution in [0.1, 0.15) is 17.2 Å². The van der Waals surface area contributed by atoms with Gasteiger partial charge in [0.25, 0.3) is 0 Å². The van der Waals surface area contributed by atoms with Gasteiger partial charge in [-0.15, -0.1) is 0 Å². The third kappa shape index (κ3) is 4.77. The summed E-state index contributed by atoms with van der Waals surface area (Å²) in [6, 6.07) is 24.8. The lowest BCUT2D eigenvalue weighted by molar-refractivity contribution is 0.156. The lowest BCUT2D eigenvalue weighted by Gasteiger charge is -2.39. The molecule has 1 fully saturated rings. The Morgan fingerprint density at radius 2 is 1.39 bits per heavy atom. The Morgan fingerprint density at radius 3 is 1.97 bits per heavy atom. The first kappa shape index (κ1) is 21.8. The van der Waals surface area contributed by atoms with Gasteiger partial charge in [-0.3, -0.25) is 4.90 Å². The summed E-state index contributed by atoms with van der Waals surface area (Å²) in [5, 5.41) is 0.700. The zero-order valence-corrected chi connectivity index (χ0v) is 18.9. The van der Waals surface area contributed by atoms with E-state index in [9.17, 15) is 8.42 Å². The predicted molar refractivity (Wildman–Crippen MR) is 123 cm³/mol. The average molecular weight is 457 g/mol. The maximum atomic E-state index is 13.1. The molecule has 7 heteroatoms. The Bertz CT molecular complexity index is 1100. The number of hydrogen-bond donors (Lipinski definition) is 0. The fourth-order valence-electron chi connectivity index (χ4n) is 3.99. The molecule has 0 spiro atoms. The van der Waals surface area contributed by atoms with Crippen LogP contribution in [0.4, 0.5) is 0 Å². The van der Waals surface area contributed by atoms with Crippen molar-refractivity contribution >= 4 is 21.6 Å². The van der Waals surface area contributed by atoms with E-state index in [0.29, 0.717) is 41.8 Å². The molecule has 0 radical (unpaired) electrons. The van der Waals surface area contributed by atoms with Crippen LogP contribution in [0.15, 0.2) is 83.8 Å². The van der Waals surface area contributed by atoms with E-state index in [2.05, 4.69) is 17.0 Å². The van der Waals surface area contributed by atoms with Crippen molar-refractivity contribution in [3.63, 3.8) is 0 Å². The van der Waals surface area contributed by atoms with Crippen LogP contribution in [0.3, 0.4) is 0 Å². The van der Waals surface area contributed by atoms with Crippen LogP contribution in [-0.2, 0) is 10.0 Å². The zero-order chi connectivity index (χ0) is 21.8. The molecule has 1 aliphatic heterocycles. The molecule has 162 valence electrons. The van der Waals surface area contributed by atoms with Crippen LogP contribution in [0, 0.1) is 0 Å². The van der Waals surface area contributed by atoms with Crippen LogP contribution >= 0.6 is 11.6 Å². The molecule has 0 aromatic heterocycles. The summed E-state index contributed by atoms with van der Waals surface area (Å²) in [5.74, 6) is 0.637. The quantitative estimate of drug-likeness (QED) is 0.550. The smallest absolute Gasteiger partial charge is 0.243 e. The Morgan fingerprint density at radius 1 is 0.806 bits per heavy atom. The molecule has 1 aliphatic rings. The first-order chi connectivity index (χ1) is 15.0. The predicted octanol–water partition coefficient (Wildman–Crippen LogP) is 4.44. The third-order valence-corrected chi connectivity index (χ3v) is 7.80. The van der Waals surface area contributed by atoms with Crippen molar-refractivity contribution in [3.05, 3.63) is 95.0 Å². The highest BCUT2D eigenvalue weighted by Crippen LogP contribution is 2.31. The van der Waals surface area contributed by atoms with Gasteiger partial charge in [-0.25, -0.2) is 8.42 Å². The zero-order valence-electron chi connectivity index (χ0n) is 17.3. The highest BCUT2D eigenvalue weighted by Gasteiger charge is 2.32. The lowest BCUT2D eigenvalue weighted by Crippen LogP contribution is -2.49. The fourth-order valence-corrected chi connectivity index (χ4v) is 5.54. The van der Waals surface area contributed by atoms with Crippen LogP contribution in [0.25, 0.3) is 0 Å². The molecule has 0 N–H and O–H groups in total. The van der Waals surface area contributed by atoms with Gasteiger partial charge in [0.1, 0.15) is 5.75 Å². The van der Waals surface area contributed by atoms with Crippen molar-refractivity contribution in [2.75, 3.05) is 33.3 Å². The van der Waals surface area contributed by atoms with Crippen molar-refractivity contribution in [2.45, 2.75) is 10.9 Å². The number of rotatable bonds is 6. The summed E-state index contributed by atoms with van der Waals surface area (Å²) in [7, 11) is -1.98. The van der Waals surface area contributed by atoms with Crippen molar-refractivity contribution in [1.82, 2.24) is 9.21 Å². The number of hydrogen-bond acceptors (Lipinski definition) is 4. The van der Waals surface area contributed by atoms with Crippen molar-refractivity contribution < 1.29 is 13.2 Å². The largest absolute Gasteiger partial charge is 0.497 e. The average Bonchev–Trinajstić information content (AvgIpc) is 2.81. The molecule has 1 atom stereocenters. The van der Waals surface area contributed by atoms with Gasteiger partial charge in [0.05, 0.1) is 18.0 Å². The number of halogens is 1. The summed E-state index contributed by atoms with van der Waals surface area (Å²) < 4.78 is 32.9. The number of benzene rings is 3. The Balaban J connectivity index is 1.54. The molecule has 0 aliphatic carbocycles. The molecule has 3 aromatic carbocycles. The van der Waals surface area contributed by atoms with Gasteiger partial charge in [-0.2, -0.15) is 4.31 Å². The van der Waals surface area contributed by atoms with Gasteiger partial charge < -0.3 is 4.74 Å².